The van der Waals surface area contributed by atoms with Crippen molar-refractivity contribution < 1.29 is 64.5 Å². The van der Waals surface area contributed by atoms with Crippen LogP contribution in [0.15, 0.2) is 107 Å². The second-order valence-electron chi connectivity index (χ2n) is 14.2. The van der Waals surface area contributed by atoms with Gasteiger partial charge < -0.3 is 19.7 Å². The summed E-state index contributed by atoms with van der Waals surface area (Å²) in [4.78, 5) is 52.2. The van der Waals surface area contributed by atoms with Gasteiger partial charge in [0.25, 0.3) is 0 Å². The predicted molar refractivity (Wildman–Crippen MR) is 210 cm³/mol. The normalized spacial score (nSPS) is 13.2. The molecule has 0 aliphatic carbocycles. The van der Waals surface area contributed by atoms with Gasteiger partial charge in [0.05, 0.1) is 33.8 Å². The number of benzene rings is 4. The first-order valence-electron chi connectivity index (χ1n) is 17.3. The molecule has 0 aliphatic rings. The first-order valence-corrected chi connectivity index (χ1v) is 21.1. The quantitative estimate of drug-likeness (QED) is 0.0716. The maximum Gasteiger partial charge on any atom is 0.336 e. The number of carbonyl (C=O) groups excluding carboxylic acids is 2. The molecule has 0 unspecified atom stereocenters. The Kier molecular flexibility index (Phi) is 13.3. The summed E-state index contributed by atoms with van der Waals surface area (Å²) in [5.41, 5.74) is -4.68. The molecule has 0 fully saturated rings. The van der Waals surface area contributed by atoms with Crippen molar-refractivity contribution in [1.29, 1.82) is 0 Å². The van der Waals surface area contributed by atoms with Crippen molar-refractivity contribution in [1.82, 2.24) is 0 Å². The Morgan fingerprint density at radius 1 is 0.534 bits per heavy atom. The molecule has 16 heteroatoms. The highest BCUT2D eigenvalue weighted by Gasteiger charge is 2.37. The monoisotopic (exact) mass is 838 g/mol. The van der Waals surface area contributed by atoms with Crippen LogP contribution in [0.2, 0.25) is 0 Å². The molecule has 0 bridgehead atoms. The van der Waals surface area contributed by atoms with Crippen molar-refractivity contribution >= 4 is 65.8 Å². The van der Waals surface area contributed by atoms with Crippen LogP contribution in [0.5, 0.6) is 0 Å². The first kappa shape index (κ1) is 44.7. The second kappa shape index (κ2) is 17.2. The summed E-state index contributed by atoms with van der Waals surface area (Å²) in [5, 5.41) is 20.8. The third kappa shape index (κ3) is 10.9. The van der Waals surface area contributed by atoms with Gasteiger partial charge in [-0.2, -0.15) is 0 Å². The van der Waals surface area contributed by atoms with Gasteiger partial charge in [-0.25, -0.2) is 35.2 Å². The molecule has 306 valence electrons. The highest BCUT2D eigenvalue weighted by molar-refractivity contribution is 7.91. The third-order valence-electron chi connectivity index (χ3n) is 8.77. The number of carbonyl (C=O) groups is 4. The Labute approximate surface area is 334 Å². The van der Waals surface area contributed by atoms with E-state index in [1.807, 2.05) is 0 Å². The first-order chi connectivity index (χ1) is 26.8. The average molecular weight is 839 g/mol. The molecule has 2 N–H and O–H groups in total. The topological polar surface area (TPSA) is 195 Å². The predicted octanol–water partition coefficient (Wildman–Crippen LogP) is 6.89. The Bertz CT molecular complexity index is 2380. The molecule has 0 aromatic heterocycles. The van der Waals surface area contributed by atoms with Crippen LogP contribution in [0.1, 0.15) is 62.8 Å². The Balaban J connectivity index is 1.69. The third-order valence-corrected chi connectivity index (χ3v) is 11.0. The molecule has 12 nitrogen and oxygen atoms in total. The molecule has 0 spiro atoms. The van der Waals surface area contributed by atoms with Gasteiger partial charge in [0.1, 0.15) is 22.8 Å². The van der Waals surface area contributed by atoms with Crippen LogP contribution < -0.4 is 0 Å². The van der Waals surface area contributed by atoms with Crippen LogP contribution in [-0.4, -0.2) is 74.6 Å². The Morgan fingerprint density at radius 3 is 1.10 bits per heavy atom. The molecule has 0 aliphatic heterocycles. The molecule has 0 saturated carbocycles. The van der Waals surface area contributed by atoms with Crippen LogP contribution in [0.3, 0.4) is 0 Å². The Morgan fingerprint density at radius 2 is 0.845 bits per heavy atom. The molecule has 4 aromatic rings. The van der Waals surface area contributed by atoms with E-state index < -0.39 is 90.4 Å². The minimum absolute atomic E-state index is 0.0789. The number of ether oxygens (including phenoxy) is 2. The fourth-order valence-corrected chi connectivity index (χ4v) is 7.60. The molecule has 0 heterocycles. The van der Waals surface area contributed by atoms with E-state index in [1.54, 1.807) is 0 Å². The summed E-state index contributed by atoms with van der Waals surface area (Å²) in [6.45, 7) is 5.45. The molecule has 4 aromatic carbocycles. The van der Waals surface area contributed by atoms with Gasteiger partial charge in [0, 0.05) is 23.7 Å². The van der Waals surface area contributed by atoms with Gasteiger partial charge in [-0.15, -0.1) is 0 Å². The maximum atomic E-state index is 14.4. The molecule has 58 heavy (non-hydrogen) atoms. The number of sulfone groups is 2. The lowest BCUT2D eigenvalue weighted by Gasteiger charge is -2.31. The van der Waals surface area contributed by atoms with Crippen molar-refractivity contribution in [3.8, 4) is 0 Å². The zero-order valence-electron chi connectivity index (χ0n) is 32.2. The largest absolute Gasteiger partial charge is 0.478 e. The number of carboxylic acid groups (broad SMARTS) is 2. The summed E-state index contributed by atoms with van der Waals surface area (Å²) in [5.74, 6) is -6.56. The van der Waals surface area contributed by atoms with E-state index in [9.17, 15) is 55.0 Å². The van der Waals surface area contributed by atoms with Gasteiger partial charge in [-0.1, -0.05) is 48.5 Å². The summed E-state index contributed by atoms with van der Waals surface area (Å²) >= 11 is 0. The van der Waals surface area contributed by atoms with Gasteiger partial charge in [0.15, 0.2) is 19.7 Å². The minimum Gasteiger partial charge on any atom is -0.478 e. The zero-order chi connectivity index (χ0) is 43.4. The van der Waals surface area contributed by atoms with Gasteiger partial charge in [0.2, 0.25) is 0 Å². The summed E-state index contributed by atoms with van der Waals surface area (Å²) in [6, 6.07) is 19.6. The van der Waals surface area contributed by atoms with E-state index in [-0.39, 0.29) is 43.2 Å². The van der Waals surface area contributed by atoms with Crippen molar-refractivity contribution in [2.24, 2.45) is 0 Å². The Hall–Kier alpha value is -6.00. The molecule has 4 rings (SSSR count). The summed E-state index contributed by atoms with van der Waals surface area (Å²) in [7, 11) is -7.31. The molecule has 0 saturated heterocycles. The molecule has 0 radical (unpaired) electrons. The highest BCUT2D eigenvalue weighted by atomic mass is 32.2. The zero-order valence-corrected chi connectivity index (χ0v) is 33.8. The van der Waals surface area contributed by atoms with Crippen LogP contribution in [0.4, 0.5) is 8.78 Å². The maximum absolute atomic E-state index is 14.4. The van der Waals surface area contributed by atoms with E-state index in [4.69, 9.17) is 9.47 Å². The van der Waals surface area contributed by atoms with E-state index in [2.05, 4.69) is 0 Å². The standard InChI is InChI=1S/C42H40F2O12S2/c1-41(2,37(25-13-17-31(18-14-25)57(5,51)52)35(39(47)48)27-9-7-11-29(43)23-27)55-33(45)21-22-34(46)56-42(3,4)38(26-15-19-32(20-16-26)58(6,53)54)36(40(49)50)28-10-8-12-30(44)24-28/h7-20,23-24H,21-22H2,1-6H3,(H,47,48)(H,49,50)/b37-35-,38-36-. The van der Waals surface area contributed by atoms with Gasteiger partial charge in [-0.05, 0) is 98.5 Å². The van der Waals surface area contributed by atoms with Gasteiger partial charge in [-0.3, -0.25) is 9.59 Å². The SMILES string of the molecule is CC(C)(OC(=O)CCC(=O)OC(C)(C)/C(=C(\C(=O)O)c1cccc(F)c1)c1ccc(S(C)(=O)=O)cc1)/C(=C(\C(=O)O)c1cccc(F)c1)c1ccc(S(C)(=O)=O)cc1. The lowest BCUT2D eigenvalue weighted by molar-refractivity contribution is -0.158. The fraction of sp³-hybridized carbons (Fsp3) is 0.238. The van der Waals surface area contributed by atoms with Crippen molar-refractivity contribution in [2.45, 2.75) is 61.5 Å². The molecular weight excluding hydrogens is 799 g/mol. The summed E-state index contributed by atoms with van der Waals surface area (Å²) in [6.07, 6.45) is 0.713. The van der Waals surface area contributed by atoms with Gasteiger partial charge >= 0.3 is 23.9 Å². The molecular formula is C42H40F2O12S2. The van der Waals surface area contributed by atoms with Crippen LogP contribution in [0.25, 0.3) is 22.3 Å². The number of halogens is 2. The second-order valence-corrected chi connectivity index (χ2v) is 18.2. The number of rotatable bonds is 15. The smallest absolute Gasteiger partial charge is 0.336 e. The van der Waals surface area contributed by atoms with Crippen LogP contribution in [0, 0.1) is 11.6 Å². The number of hydrogen-bond donors (Lipinski definition) is 2. The molecule has 0 atom stereocenters. The van der Waals surface area contributed by atoms with E-state index in [1.165, 1.54) is 100 Å². The lowest BCUT2D eigenvalue weighted by Crippen LogP contribution is -2.33. The van der Waals surface area contributed by atoms with Crippen molar-refractivity contribution in [2.75, 3.05) is 12.5 Å². The minimum atomic E-state index is -3.66. The fourth-order valence-electron chi connectivity index (χ4n) is 6.34. The lowest BCUT2D eigenvalue weighted by atomic mass is 9.84. The average Bonchev–Trinajstić information content (AvgIpc) is 3.10. The number of hydrogen-bond acceptors (Lipinski definition) is 10. The van der Waals surface area contributed by atoms with Crippen LogP contribution in [-0.2, 0) is 48.3 Å². The number of esters is 2. The van der Waals surface area contributed by atoms with Crippen molar-refractivity contribution in [3.05, 3.63) is 131 Å². The molecule has 0 amide bonds. The van der Waals surface area contributed by atoms with E-state index in [0.717, 1.165) is 36.8 Å². The van der Waals surface area contributed by atoms with E-state index in [0.29, 0.717) is 0 Å². The highest BCUT2D eigenvalue weighted by Crippen LogP contribution is 2.40. The summed E-state index contributed by atoms with van der Waals surface area (Å²) < 4.78 is 88.8. The van der Waals surface area contributed by atoms with Crippen LogP contribution >= 0.6 is 0 Å². The van der Waals surface area contributed by atoms with Crippen molar-refractivity contribution in [3.63, 3.8) is 0 Å². The van der Waals surface area contributed by atoms with E-state index >= 15 is 0 Å². The number of carboxylic acids is 2. The number of aliphatic carboxylic acids is 2.